The lowest BCUT2D eigenvalue weighted by molar-refractivity contribution is -0.138. The van der Waals surface area contributed by atoms with E-state index in [4.69, 9.17) is 0 Å². The Hall–Kier alpha value is -0.780. The first-order valence-electron chi connectivity index (χ1n) is 6.08. The Labute approximate surface area is 117 Å². The van der Waals surface area contributed by atoms with E-state index in [0.717, 1.165) is 25.7 Å². The monoisotopic (exact) mass is 294 g/mol. The lowest BCUT2D eigenvalue weighted by Crippen LogP contribution is -2.49. The van der Waals surface area contributed by atoms with Crippen molar-refractivity contribution in [2.45, 2.75) is 25.7 Å². The molecule has 0 unspecified atom stereocenters. The second kappa shape index (κ2) is 6.59. The molecule has 0 aromatic heterocycles. The summed E-state index contributed by atoms with van der Waals surface area (Å²) in [6.45, 7) is 4.83. The number of benzene rings is 1. The van der Waals surface area contributed by atoms with Gasteiger partial charge in [-0.15, -0.1) is 12.4 Å². The first-order chi connectivity index (χ1) is 8.48. The molecule has 2 rings (SSSR count). The van der Waals surface area contributed by atoms with E-state index in [2.05, 4.69) is 10.2 Å². The van der Waals surface area contributed by atoms with Gasteiger partial charge >= 0.3 is 6.18 Å². The molecule has 6 heteroatoms. The van der Waals surface area contributed by atoms with Crippen molar-refractivity contribution in [2.24, 2.45) is 0 Å². The van der Waals surface area contributed by atoms with Gasteiger partial charge in [-0.25, -0.2) is 0 Å². The summed E-state index contributed by atoms with van der Waals surface area (Å²) in [4.78, 5) is 2.08. The third-order valence-corrected chi connectivity index (χ3v) is 3.34. The van der Waals surface area contributed by atoms with E-state index in [0.29, 0.717) is 12.1 Å². The molecule has 1 saturated heterocycles. The topological polar surface area (TPSA) is 15.3 Å². The van der Waals surface area contributed by atoms with Gasteiger partial charge in [-0.1, -0.05) is 18.2 Å². The van der Waals surface area contributed by atoms with Crippen LogP contribution in [0.1, 0.15) is 18.1 Å². The molecule has 1 aromatic carbocycles. The Morgan fingerprint density at radius 1 is 1.32 bits per heavy atom. The van der Waals surface area contributed by atoms with Gasteiger partial charge in [0.2, 0.25) is 0 Å². The van der Waals surface area contributed by atoms with Gasteiger partial charge in [-0.05, 0) is 18.6 Å². The predicted molar refractivity (Wildman–Crippen MR) is 71.4 cm³/mol. The molecule has 1 aliphatic rings. The smallest absolute Gasteiger partial charge is 0.314 e. The zero-order valence-corrected chi connectivity index (χ0v) is 11.5. The van der Waals surface area contributed by atoms with E-state index in [-0.39, 0.29) is 18.4 Å². The highest BCUT2D eigenvalue weighted by Crippen LogP contribution is 2.32. The SMILES string of the molecule is C[C@@H]1CNCCN1Cc1ccccc1C(F)(F)F.Cl. The molecule has 1 atom stereocenters. The number of rotatable bonds is 2. The minimum Gasteiger partial charge on any atom is -0.314 e. The summed E-state index contributed by atoms with van der Waals surface area (Å²) in [5, 5.41) is 3.23. The van der Waals surface area contributed by atoms with Crippen LogP contribution in [-0.2, 0) is 12.7 Å². The van der Waals surface area contributed by atoms with Gasteiger partial charge in [-0.2, -0.15) is 13.2 Å². The van der Waals surface area contributed by atoms with Crippen LogP contribution < -0.4 is 5.32 Å². The molecule has 1 heterocycles. The lowest BCUT2D eigenvalue weighted by Gasteiger charge is -2.34. The fraction of sp³-hybridized carbons (Fsp3) is 0.538. The number of hydrogen-bond donors (Lipinski definition) is 1. The van der Waals surface area contributed by atoms with E-state index in [1.807, 2.05) is 6.92 Å². The van der Waals surface area contributed by atoms with Gasteiger partial charge in [0.15, 0.2) is 0 Å². The lowest BCUT2D eigenvalue weighted by atomic mass is 10.1. The summed E-state index contributed by atoms with van der Waals surface area (Å²) in [5.41, 5.74) is -0.158. The second-order valence-corrected chi connectivity index (χ2v) is 4.68. The highest BCUT2D eigenvalue weighted by atomic mass is 35.5. The van der Waals surface area contributed by atoms with Crippen molar-refractivity contribution in [3.8, 4) is 0 Å². The second-order valence-electron chi connectivity index (χ2n) is 4.68. The number of hydrogen-bond acceptors (Lipinski definition) is 2. The molecule has 0 saturated carbocycles. The summed E-state index contributed by atoms with van der Waals surface area (Å²) in [5.74, 6) is 0. The molecule has 2 nitrogen and oxygen atoms in total. The maximum Gasteiger partial charge on any atom is 0.416 e. The van der Waals surface area contributed by atoms with Gasteiger partial charge < -0.3 is 5.32 Å². The van der Waals surface area contributed by atoms with Crippen molar-refractivity contribution in [1.29, 1.82) is 0 Å². The van der Waals surface area contributed by atoms with Crippen molar-refractivity contribution in [3.63, 3.8) is 0 Å². The number of piperazine rings is 1. The molecule has 0 bridgehead atoms. The van der Waals surface area contributed by atoms with Crippen molar-refractivity contribution in [3.05, 3.63) is 35.4 Å². The molecule has 0 spiro atoms. The molecule has 1 N–H and O–H groups in total. The number of nitrogens with zero attached hydrogens (tertiary/aromatic N) is 1. The van der Waals surface area contributed by atoms with Crippen LogP contribution in [0.4, 0.5) is 13.2 Å². The molecule has 19 heavy (non-hydrogen) atoms. The van der Waals surface area contributed by atoms with Crippen LogP contribution in [0.2, 0.25) is 0 Å². The molecule has 1 aliphatic heterocycles. The van der Waals surface area contributed by atoms with Crippen LogP contribution in [0, 0.1) is 0 Å². The van der Waals surface area contributed by atoms with Crippen molar-refractivity contribution < 1.29 is 13.2 Å². The average Bonchev–Trinajstić information content (AvgIpc) is 2.31. The summed E-state index contributed by atoms with van der Waals surface area (Å²) < 4.78 is 38.6. The minimum absolute atomic E-state index is 0. The predicted octanol–water partition coefficient (Wildman–Crippen LogP) is 2.92. The van der Waals surface area contributed by atoms with Crippen molar-refractivity contribution in [1.82, 2.24) is 10.2 Å². The number of halogens is 4. The fourth-order valence-corrected chi connectivity index (χ4v) is 2.27. The van der Waals surface area contributed by atoms with Crippen LogP contribution in [-0.4, -0.2) is 30.6 Å². The zero-order chi connectivity index (χ0) is 13.2. The Kier molecular flexibility index (Phi) is 5.64. The van der Waals surface area contributed by atoms with Gasteiger partial charge in [0.1, 0.15) is 0 Å². The van der Waals surface area contributed by atoms with Crippen molar-refractivity contribution in [2.75, 3.05) is 19.6 Å². The molecule has 0 radical (unpaired) electrons. The molecular formula is C13H18ClF3N2. The highest BCUT2D eigenvalue weighted by molar-refractivity contribution is 5.85. The van der Waals surface area contributed by atoms with E-state index < -0.39 is 11.7 Å². The molecular weight excluding hydrogens is 277 g/mol. The molecule has 1 aromatic rings. The largest absolute Gasteiger partial charge is 0.416 e. The van der Waals surface area contributed by atoms with E-state index in [1.54, 1.807) is 12.1 Å². The summed E-state index contributed by atoms with van der Waals surface area (Å²) >= 11 is 0. The Bertz CT molecular complexity index is 409. The molecule has 1 fully saturated rings. The zero-order valence-electron chi connectivity index (χ0n) is 10.7. The Morgan fingerprint density at radius 2 is 2.00 bits per heavy atom. The Morgan fingerprint density at radius 3 is 2.63 bits per heavy atom. The highest BCUT2D eigenvalue weighted by Gasteiger charge is 2.33. The van der Waals surface area contributed by atoms with Crippen LogP contribution in [0.25, 0.3) is 0 Å². The maximum absolute atomic E-state index is 12.9. The molecule has 108 valence electrons. The summed E-state index contributed by atoms with van der Waals surface area (Å²) in [6, 6.07) is 6.09. The van der Waals surface area contributed by atoms with Gasteiger partial charge in [0.05, 0.1) is 5.56 Å². The fourth-order valence-electron chi connectivity index (χ4n) is 2.27. The third-order valence-electron chi connectivity index (χ3n) is 3.34. The van der Waals surface area contributed by atoms with E-state index in [1.165, 1.54) is 6.07 Å². The van der Waals surface area contributed by atoms with Gasteiger partial charge in [0.25, 0.3) is 0 Å². The molecule has 0 aliphatic carbocycles. The minimum atomic E-state index is -4.27. The van der Waals surface area contributed by atoms with Crippen LogP contribution in [0.5, 0.6) is 0 Å². The first kappa shape index (κ1) is 16.3. The molecule has 0 amide bonds. The third kappa shape index (κ3) is 4.09. The van der Waals surface area contributed by atoms with Gasteiger partial charge in [-0.3, -0.25) is 4.90 Å². The van der Waals surface area contributed by atoms with E-state index in [9.17, 15) is 13.2 Å². The van der Waals surface area contributed by atoms with Crippen LogP contribution in [0.15, 0.2) is 24.3 Å². The van der Waals surface area contributed by atoms with Crippen LogP contribution >= 0.6 is 12.4 Å². The average molecular weight is 295 g/mol. The summed E-state index contributed by atoms with van der Waals surface area (Å²) in [6.07, 6.45) is -4.27. The number of nitrogens with one attached hydrogen (secondary N) is 1. The van der Waals surface area contributed by atoms with E-state index >= 15 is 0 Å². The quantitative estimate of drug-likeness (QED) is 0.902. The van der Waals surface area contributed by atoms with Crippen molar-refractivity contribution >= 4 is 12.4 Å². The number of alkyl halides is 3. The van der Waals surface area contributed by atoms with Gasteiger partial charge in [0, 0.05) is 32.2 Å². The Balaban J connectivity index is 0.00000180. The maximum atomic E-state index is 12.9. The normalized spacial score (nSPS) is 20.9. The van der Waals surface area contributed by atoms with Crippen LogP contribution in [0.3, 0.4) is 0 Å². The standard InChI is InChI=1S/C13H17F3N2.ClH/c1-10-8-17-6-7-18(10)9-11-4-2-3-5-12(11)13(14,15)16;/h2-5,10,17H,6-9H2,1H3;1H/t10-;/m1./s1. The first-order valence-corrected chi connectivity index (χ1v) is 6.08. The summed E-state index contributed by atoms with van der Waals surface area (Å²) in [7, 11) is 0.